The van der Waals surface area contributed by atoms with Crippen LogP contribution in [0.3, 0.4) is 0 Å². The molecule has 2 amide bonds. The van der Waals surface area contributed by atoms with E-state index in [9.17, 15) is 9.59 Å². The molecular weight excluding hydrogens is 274 g/mol. The molecule has 5 nitrogen and oxygen atoms in total. The van der Waals surface area contributed by atoms with Crippen LogP contribution in [0.4, 0.5) is 0 Å². The quantitative estimate of drug-likeness (QED) is 0.842. The van der Waals surface area contributed by atoms with Crippen molar-refractivity contribution in [1.82, 2.24) is 9.80 Å². The first-order valence-corrected chi connectivity index (χ1v) is 8.70. The molecule has 0 bridgehead atoms. The Kier molecular flexibility index (Phi) is 5.72. The highest BCUT2D eigenvalue weighted by Crippen LogP contribution is 2.24. The van der Waals surface area contributed by atoms with E-state index in [1.165, 1.54) is 0 Å². The Morgan fingerprint density at radius 1 is 1.30 bits per heavy atom. The molecule has 0 saturated carbocycles. The highest BCUT2D eigenvalue weighted by molar-refractivity contribution is 7.99. The van der Waals surface area contributed by atoms with Gasteiger partial charge in [-0.15, -0.1) is 11.8 Å². The zero-order valence-corrected chi connectivity index (χ0v) is 13.0. The van der Waals surface area contributed by atoms with Crippen molar-refractivity contribution >= 4 is 23.6 Å². The molecule has 0 spiro atoms. The van der Waals surface area contributed by atoms with E-state index in [4.69, 9.17) is 5.73 Å². The summed E-state index contributed by atoms with van der Waals surface area (Å²) in [4.78, 5) is 28.4. The van der Waals surface area contributed by atoms with E-state index in [2.05, 4.69) is 6.92 Å². The monoisotopic (exact) mass is 299 g/mol. The van der Waals surface area contributed by atoms with Crippen molar-refractivity contribution in [2.45, 2.75) is 51.1 Å². The van der Waals surface area contributed by atoms with Crippen molar-refractivity contribution in [3.63, 3.8) is 0 Å². The lowest BCUT2D eigenvalue weighted by atomic mass is 10.1. The van der Waals surface area contributed by atoms with Crippen molar-refractivity contribution in [1.29, 1.82) is 0 Å². The maximum absolute atomic E-state index is 12.6. The van der Waals surface area contributed by atoms with E-state index in [0.717, 1.165) is 44.5 Å². The maximum atomic E-state index is 12.6. The zero-order chi connectivity index (χ0) is 14.5. The van der Waals surface area contributed by atoms with Gasteiger partial charge in [0.05, 0.1) is 5.88 Å². The van der Waals surface area contributed by atoms with E-state index < -0.39 is 0 Å². The molecule has 0 aliphatic carbocycles. The van der Waals surface area contributed by atoms with Gasteiger partial charge < -0.3 is 15.5 Å². The van der Waals surface area contributed by atoms with Crippen molar-refractivity contribution in [3.8, 4) is 0 Å². The third kappa shape index (κ3) is 3.67. The minimum absolute atomic E-state index is 0.117. The third-order valence-electron chi connectivity index (χ3n) is 4.08. The SMILES string of the molecule is CCCCC(=O)N1CSCC1C(=O)N1CCC(N)CC1. The summed E-state index contributed by atoms with van der Waals surface area (Å²) in [6.45, 7) is 3.54. The molecule has 2 rings (SSSR count). The lowest BCUT2D eigenvalue weighted by Gasteiger charge is -2.34. The average Bonchev–Trinajstić information content (AvgIpc) is 2.94. The Morgan fingerprint density at radius 2 is 2.00 bits per heavy atom. The maximum Gasteiger partial charge on any atom is 0.246 e. The number of thioether (sulfide) groups is 1. The van der Waals surface area contributed by atoms with Crippen molar-refractivity contribution in [2.24, 2.45) is 5.73 Å². The second-order valence-corrected chi connectivity index (χ2v) is 6.65. The van der Waals surface area contributed by atoms with Crippen molar-refractivity contribution in [2.75, 3.05) is 24.7 Å². The van der Waals surface area contributed by atoms with Crippen LogP contribution in [0.15, 0.2) is 0 Å². The van der Waals surface area contributed by atoms with Crippen LogP contribution in [0, 0.1) is 0 Å². The highest BCUT2D eigenvalue weighted by Gasteiger charge is 2.37. The normalized spacial score (nSPS) is 24.2. The van der Waals surface area contributed by atoms with E-state index in [0.29, 0.717) is 12.3 Å². The predicted molar refractivity (Wildman–Crippen MR) is 81.3 cm³/mol. The average molecular weight is 299 g/mol. The number of carbonyl (C=O) groups is 2. The lowest BCUT2D eigenvalue weighted by molar-refractivity contribution is -0.144. The molecule has 1 unspecified atom stereocenters. The van der Waals surface area contributed by atoms with Crippen LogP contribution in [-0.2, 0) is 9.59 Å². The van der Waals surface area contributed by atoms with Crippen LogP contribution in [-0.4, -0.2) is 58.4 Å². The minimum Gasteiger partial charge on any atom is -0.341 e. The Hall–Kier alpha value is -0.750. The fourth-order valence-corrected chi connectivity index (χ4v) is 3.87. The second kappa shape index (κ2) is 7.31. The number of nitrogens with zero attached hydrogens (tertiary/aromatic N) is 2. The van der Waals surface area contributed by atoms with Gasteiger partial charge >= 0.3 is 0 Å². The van der Waals surface area contributed by atoms with Gasteiger partial charge in [0, 0.05) is 31.3 Å². The number of rotatable bonds is 4. The Morgan fingerprint density at radius 3 is 2.65 bits per heavy atom. The zero-order valence-electron chi connectivity index (χ0n) is 12.2. The first kappa shape index (κ1) is 15.6. The van der Waals surface area contributed by atoms with Gasteiger partial charge in [-0.2, -0.15) is 0 Å². The van der Waals surface area contributed by atoms with Gasteiger partial charge in [-0.1, -0.05) is 13.3 Å². The fourth-order valence-electron chi connectivity index (χ4n) is 2.70. The van der Waals surface area contributed by atoms with Crippen molar-refractivity contribution in [3.05, 3.63) is 0 Å². The molecule has 0 aromatic heterocycles. The predicted octanol–water partition coefficient (Wildman–Crippen LogP) is 1.03. The van der Waals surface area contributed by atoms with E-state index in [1.54, 1.807) is 16.7 Å². The van der Waals surface area contributed by atoms with E-state index in [1.807, 2.05) is 4.90 Å². The number of hydrogen-bond acceptors (Lipinski definition) is 4. The fraction of sp³-hybridized carbons (Fsp3) is 0.857. The number of hydrogen-bond donors (Lipinski definition) is 1. The van der Waals surface area contributed by atoms with Crippen LogP contribution >= 0.6 is 11.8 Å². The number of piperidine rings is 1. The first-order chi connectivity index (χ1) is 9.63. The van der Waals surface area contributed by atoms with Gasteiger partial charge in [0.25, 0.3) is 0 Å². The summed E-state index contributed by atoms with van der Waals surface area (Å²) < 4.78 is 0. The molecule has 2 aliphatic heterocycles. The molecule has 6 heteroatoms. The minimum atomic E-state index is -0.251. The standard InChI is InChI=1S/C14H25N3O2S/c1-2-3-4-13(18)17-10-20-9-12(17)14(19)16-7-5-11(15)6-8-16/h11-12H,2-10,15H2,1H3. The molecule has 2 fully saturated rings. The number of nitrogens with two attached hydrogens (primary N) is 1. The van der Waals surface area contributed by atoms with E-state index >= 15 is 0 Å². The third-order valence-corrected chi connectivity index (χ3v) is 5.10. The molecule has 114 valence electrons. The van der Waals surface area contributed by atoms with Crippen LogP contribution in [0.2, 0.25) is 0 Å². The number of carbonyl (C=O) groups excluding carboxylic acids is 2. The molecule has 0 radical (unpaired) electrons. The molecule has 2 N–H and O–H groups in total. The summed E-state index contributed by atoms with van der Waals surface area (Å²) in [7, 11) is 0. The van der Waals surface area contributed by atoms with Gasteiger partial charge in [-0.25, -0.2) is 0 Å². The summed E-state index contributed by atoms with van der Waals surface area (Å²) in [6, 6.07) is -0.0297. The second-order valence-electron chi connectivity index (χ2n) is 5.65. The topological polar surface area (TPSA) is 66.6 Å². The van der Waals surface area contributed by atoms with E-state index in [-0.39, 0.29) is 23.9 Å². The number of unbranched alkanes of at least 4 members (excludes halogenated alkanes) is 1. The van der Waals surface area contributed by atoms with Crippen LogP contribution in [0.25, 0.3) is 0 Å². The lowest BCUT2D eigenvalue weighted by Crippen LogP contribution is -2.52. The number of amides is 2. The number of likely N-dealkylation sites (tertiary alicyclic amines) is 1. The van der Waals surface area contributed by atoms with Crippen LogP contribution < -0.4 is 5.73 Å². The highest BCUT2D eigenvalue weighted by atomic mass is 32.2. The van der Waals surface area contributed by atoms with Gasteiger partial charge in [0.15, 0.2) is 0 Å². The molecular formula is C14H25N3O2S. The van der Waals surface area contributed by atoms with Crippen molar-refractivity contribution < 1.29 is 9.59 Å². The largest absolute Gasteiger partial charge is 0.341 e. The van der Waals surface area contributed by atoms with Gasteiger partial charge in [0.2, 0.25) is 11.8 Å². The Balaban J connectivity index is 1.92. The smallest absolute Gasteiger partial charge is 0.246 e. The molecule has 0 aromatic rings. The van der Waals surface area contributed by atoms with Crippen LogP contribution in [0.1, 0.15) is 39.0 Å². The molecule has 2 saturated heterocycles. The summed E-state index contributed by atoms with van der Waals surface area (Å²) in [5, 5.41) is 0. The molecule has 1 atom stereocenters. The molecule has 2 aliphatic rings. The molecule has 2 heterocycles. The van der Waals surface area contributed by atoms with Gasteiger partial charge in [-0.3, -0.25) is 9.59 Å². The first-order valence-electron chi connectivity index (χ1n) is 7.55. The Bertz CT molecular complexity index is 356. The Labute approximate surface area is 125 Å². The molecule has 20 heavy (non-hydrogen) atoms. The van der Waals surface area contributed by atoms with Gasteiger partial charge in [0.1, 0.15) is 6.04 Å². The van der Waals surface area contributed by atoms with Crippen LogP contribution in [0.5, 0.6) is 0 Å². The molecule has 0 aromatic carbocycles. The summed E-state index contributed by atoms with van der Waals surface area (Å²) >= 11 is 1.68. The summed E-state index contributed by atoms with van der Waals surface area (Å²) in [6.07, 6.45) is 4.21. The summed E-state index contributed by atoms with van der Waals surface area (Å²) in [5.74, 6) is 1.64. The van der Waals surface area contributed by atoms with Gasteiger partial charge in [-0.05, 0) is 19.3 Å². The summed E-state index contributed by atoms with van der Waals surface area (Å²) in [5.41, 5.74) is 5.87.